The van der Waals surface area contributed by atoms with E-state index in [4.69, 9.17) is 0 Å². The molecule has 21 heavy (non-hydrogen) atoms. The van der Waals surface area contributed by atoms with Crippen LogP contribution in [0.4, 0.5) is 18.9 Å². The molecule has 1 fully saturated rings. The lowest BCUT2D eigenvalue weighted by atomic mass is 10.0. The van der Waals surface area contributed by atoms with Crippen molar-refractivity contribution >= 4 is 5.69 Å². The molecule has 118 valence electrons. The van der Waals surface area contributed by atoms with E-state index in [2.05, 4.69) is 5.32 Å². The topological polar surface area (TPSA) is 35.5 Å². The molecule has 0 saturated carbocycles. The van der Waals surface area contributed by atoms with E-state index in [0.29, 0.717) is 12.2 Å². The number of hydrogen-bond acceptors (Lipinski definition) is 3. The van der Waals surface area contributed by atoms with Crippen molar-refractivity contribution in [3.8, 4) is 0 Å². The maximum atomic E-state index is 13.2. The molecular weight excluding hydrogens is 281 g/mol. The van der Waals surface area contributed by atoms with Gasteiger partial charge in [0.1, 0.15) is 0 Å². The standard InChI is InChI=1S/C15H21F3N2O/c1-10-5-6-20(14(10)9-21)12-4-3-11(8-19-2)13(7-12)15(16,17)18/h3-4,7,10,14,19,21H,5-6,8-9H2,1-2H3. The van der Waals surface area contributed by atoms with Crippen molar-refractivity contribution in [1.82, 2.24) is 5.32 Å². The van der Waals surface area contributed by atoms with Crippen LogP contribution in [0.15, 0.2) is 18.2 Å². The Morgan fingerprint density at radius 1 is 1.38 bits per heavy atom. The summed E-state index contributed by atoms with van der Waals surface area (Å²) in [6.07, 6.45) is -3.49. The summed E-state index contributed by atoms with van der Waals surface area (Å²) in [7, 11) is 1.62. The Morgan fingerprint density at radius 3 is 2.67 bits per heavy atom. The van der Waals surface area contributed by atoms with Gasteiger partial charge in [-0.1, -0.05) is 13.0 Å². The number of benzene rings is 1. The molecule has 0 aliphatic carbocycles. The average molecular weight is 302 g/mol. The maximum Gasteiger partial charge on any atom is 0.416 e. The molecule has 0 amide bonds. The van der Waals surface area contributed by atoms with Gasteiger partial charge in [-0.15, -0.1) is 0 Å². The van der Waals surface area contributed by atoms with Crippen LogP contribution in [0.2, 0.25) is 0 Å². The van der Waals surface area contributed by atoms with Gasteiger partial charge in [-0.25, -0.2) is 0 Å². The smallest absolute Gasteiger partial charge is 0.394 e. The van der Waals surface area contributed by atoms with Crippen LogP contribution in [-0.2, 0) is 12.7 Å². The maximum absolute atomic E-state index is 13.2. The zero-order chi connectivity index (χ0) is 15.6. The summed E-state index contributed by atoms with van der Waals surface area (Å²) >= 11 is 0. The van der Waals surface area contributed by atoms with Crippen molar-refractivity contribution in [2.75, 3.05) is 25.1 Å². The number of alkyl halides is 3. The third kappa shape index (κ3) is 3.32. The summed E-state index contributed by atoms with van der Waals surface area (Å²) in [5, 5.41) is 12.2. The second kappa shape index (κ2) is 6.23. The van der Waals surface area contributed by atoms with Gasteiger partial charge in [0, 0.05) is 18.8 Å². The van der Waals surface area contributed by atoms with Crippen LogP contribution < -0.4 is 10.2 Å². The minimum Gasteiger partial charge on any atom is -0.394 e. The summed E-state index contributed by atoms with van der Waals surface area (Å²) in [6, 6.07) is 4.32. The fourth-order valence-electron chi connectivity index (χ4n) is 2.96. The highest BCUT2D eigenvalue weighted by Crippen LogP contribution is 2.37. The number of nitrogens with zero attached hydrogens (tertiary/aromatic N) is 1. The molecule has 1 aliphatic heterocycles. The number of nitrogens with one attached hydrogen (secondary N) is 1. The van der Waals surface area contributed by atoms with Gasteiger partial charge in [-0.3, -0.25) is 0 Å². The largest absolute Gasteiger partial charge is 0.416 e. The highest BCUT2D eigenvalue weighted by molar-refractivity contribution is 5.53. The van der Waals surface area contributed by atoms with Crippen molar-refractivity contribution in [1.29, 1.82) is 0 Å². The van der Waals surface area contributed by atoms with Crippen molar-refractivity contribution in [3.05, 3.63) is 29.3 Å². The molecule has 2 unspecified atom stereocenters. The lowest BCUT2D eigenvalue weighted by Crippen LogP contribution is -2.35. The van der Waals surface area contributed by atoms with Gasteiger partial charge in [-0.05, 0) is 37.1 Å². The number of halogens is 3. The summed E-state index contributed by atoms with van der Waals surface area (Å²) in [5.74, 6) is 0.279. The van der Waals surface area contributed by atoms with Crippen LogP contribution in [0.3, 0.4) is 0 Å². The van der Waals surface area contributed by atoms with Crippen molar-refractivity contribution < 1.29 is 18.3 Å². The van der Waals surface area contributed by atoms with Gasteiger partial charge in [0.2, 0.25) is 0 Å². The molecule has 6 heteroatoms. The zero-order valence-corrected chi connectivity index (χ0v) is 12.2. The molecule has 0 aromatic heterocycles. The van der Waals surface area contributed by atoms with Crippen LogP contribution in [0.25, 0.3) is 0 Å². The molecule has 2 rings (SSSR count). The Hall–Kier alpha value is -1.27. The first-order chi connectivity index (χ1) is 9.88. The minimum atomic E-state index is -4.37. The van der Waals surface area contributed by atoms with Gasteiger partial charge < -0.3 is 15.3 Å². The minimum absolute atomic E-state index is 0.0409. The van der Waals surface area contributed by atoms with E-state index in [1.54, 1.807) is 13.1 Å². The number of aliphatic hydroxyl groups excluding tert-OH is 1. The van der Waals surface area contributed by atoms with Crippen LogP contribution in [0.5, 0.6) is 0 Å². The Bertz CT molecular complexity index is 490. The molecule has 1 saturated heterocycles. The molecule has 2 atom stereocenters. The summed E-state index contributed by atoms with van der Waals surface area (Å²) in [4.78, 5) is 1.88. The van der Waals surface area contributed by atoms with E-state index >= 15 is 0 Å². The highest BCUT2D eigenvalue weighted by Gasteiger charge is 2.36. The predicted molar refractivity (Wildman–Crippen MR) is 76.2 cm³/mol. The first-order valence-electron chi connectivity index (χ1n) is 7.10. The Kier molecular flexibility index (Phi) is 4.78. The molecule has 0 bridgehead atoms. The van der Waals surface area contributed by atoms with Crippen molar-refractivity contribution in [2.24, 2.45) is 5.92 Å². The van der Waals surface area contributed by atoms with Crippen molar-refractivity contribution in [2.45, 2.75) is 32.1 Å². The third-order valence-electron chi connectivity index (χ3n) is 4.17. The molecule has 0 radical (unpaired) electrons. The third-order valence-corrected chi connectivity index (χ3v) is 4.17. The van der Waals surface area contributed by atoms with Gasteiger partial charge in [0.25, 0.3) is 0 Å². The first-order valence-corrected chi connectivity index (χ1v) is 7.10. The normalized spacial score (nSPS) is 22.9. The fraction of sp³-hybridized carbons (Fsp3) is 0.600. The first kappa shape index (κ1) is 16.1. The zero-order valence-electron chi connectivity index (χ0n) is 12.2. The van der Waals surface area contributed by atoms with E-state index in [-0.39, 0.29) is 30.7 Å². The molecule has 2 N–H and O–H groups in total. The van der Waals surface area contributed by atoms with E-state index in [9.17, 15) is 18.3 Å². The SMILES string of the molecule is CNCc1ccc(N2CCC(C)C2CO)cc1C(F)(F)F. The number of anilines is 1. The van der Waals surface area contributed by atoms with E-state index in [1.807, 2.05) is 11.8 Å². The summed E-state index contributed by atoms with van der Waals surface area (Å²) in [6.45, 7) is 2.83. The van der Waals surface area contributed by atoms with Gasteiger partial charge in [0.15, 0.2) is 0 Å². The summed E-state index contributed by atoms with van der Waals surface area (Å²) in [5.41, 5.74) is 0.165. The Morgan fingerprint density at radius 2 is 2.10 bits per heavy atom. The molecule has 1 aliphatic rings. The second-order valence-corrected chi connectivity index (χ2v) is 5.58. The lowest BCUT2D eigenvalue weighted by Gasteiger charge is -2.28. The van der Waals surface area contributed by atoms with Gasteiger partial charge >= 0.3 is 6.18 Å². The Balaban J connectivity index is 2.38. The fourth-order valence-corrected chi connectivity index (χ4v) is 2.96. The molecule has 1 aromatic rings. The second-order valence-electron chi connectivity index (χ2n) is 5.58. The van der Waals surface area contributed by atoms with E-state index in [1.165, 1.54) is 12.1 Å². The van der Waals surface area contributed by atoms with Crippen LogP contribution in [-0.4, -0.2) is 31.3 Å². The lowest BCUT2D eigenvalue weighted by molar-refractivity contribution is -0.138. The molecule has 0 spiro atoms. The Labute approximate surface area is 122 Å². The monoisotopic (exact) mass is 302 g/mol. The van der Waals surface area contributed by atoms with Crippen LogP contribution in [0.1, 0.15) is 24.5 Å². The molecular formula is C15H21F3N2O. The highest BCUT2D eigenvalue weighted by atomic mass is 19.4. The quantitative estimate of drug-likeness (QED) is 0.897. The molecule has 1 heterocycles. The van der Waals surface area contributed by atoms with E-state index < -0.39 is 11.7 Å². The predicted octanol–water partition coefficient (Wildman–Crippen LogP) is 2.63. The number of rotatable bonds is 4. The summed E-state index contributed by atoms with van der Waals surface area (Å²) < 4.78 is 39.6. The van der Waals surface area contributed by atoms with E-state index in [0.717, 1.165) is 6.42 Å². The van der Waals surface area contributed by atoms with Crippen LogP contribution in [0, 0.1) is 5.92 Å². The van der Waals surface area contributed by atoms with Crippen molar-refractivity contribution in [3.63, 3.8) is 0 Å². The number of hydrogen-bond donors (Lipinski definition) is 2. The average Bonchev–Trinajstić information content (AvgIpc) is 2.79. The molecule has 3 nitrogen and oxygen atoms in total. The van der Waals surface area contributed by atoms with Gasteiger partial charge in [-0.2, -0.15) is 13.2 Å². The number of aliphatic hydroxyl groups is 1. The molecule has 1 aromatic carbocycles. The van der Waals surface area contributed by atoms with Gasteiger partial charge in [0.05, 0.1) is 18.2 Å². The van der Waals surface area contributed by atoms with Crippen LogP contribution >= 0.6 is 0 Å².